The maximum absolute atomic E-state index is 11.9. The van der Waals surface area contributed by atoms with Gasteiger partial charge in [-0.2, -0.15) is 0 Å². The van der Waals surface area contributed by atoms with Gasteiger partial charge in [-0.15, -0.1) is 13.2 Å². The Balaban J connectivity index is 3.09. The Kier molecular flexibility index (Phi) is 3.51. The van der Waals surface area contributed by atoms with E-state index in [9.17, 15) is 13.2 Å². The summed E-state index contributed by atoms with van der Waals surface area (Å²) in [5, 5.41) is 0. The molecule has 0 radical (unpaired) electrons. The van der Waals surface area contributed by atoms with Crippen LogP contribution >= 0.6 is 38.5 Å². The van der Waals surface area contributed by atoms with Crippen LogP contribution in [0.2, 0.25) is 0 Å². The Morgan fingerprint density at radius 1 is 1.36 bits per heavy atom. The summed E-state index contributed by atoms with van der Waals surface area (Å²) in [5.41, 5.74) is 5.57. The van der Waals surface area contributed by atoms with E-state index in [0.29, 0.717) is 8.04 Å². The molecule has 0 unspecified atom stereocenters. The van der Waals surface area contributed by atoms with Gasteiger partial charge in [-0.05, 0) is 44.6 Å². The van der Waals surface area contributed by atoms with Crippen LogP contribution in [0.4, 0.5) is 18.9 Å². The molecule has 78 valence electrons. The number of hydrogen-bond acceptors (Lipinski definition) is 2. The molecule has 1 aromatic carbocycles. The fourth-order valence-electron chi connectivity index (χ4n) is 0.783. The van der Waals surface area contributed by atoms with E-state index in [-0.39, 0.29) is 11.4 Å². The lowest BCUT2D eigenvalue weighted by atomic mass is 10.3. The Labute approximate surface area is 99.9 Å². The highest BCUT2D eigenvalue weighted by Crippen LogP contribution is 2.34. The molecule has 0 saturated carbocycles. The maximum Gasteiger partial charge on any atom is 0.573 e. The van der Waals surface area contributed by atoms with Crippen LogP contribution in [0.25, 0.3) is 0 Å². The van der Waals surface area contributed by atoms with Crippen molar-refractivity contribution in [2.75, 3.05) is 5.73 Å². The SMILES string of the molecule is Nc1cc(Br)c(I)c(OC(F)(F)F)c1. The molecule has 0 amide bonds. The number of anilines is 1. The highest BCUT2D eigenvalue weighted by molar-refractivity contribution is 14.1. The molecule has 0 aliphatic carbocycles. The maximum atomic E-state index is 11.9. The van der Waals surface area contributed by atoms with Crippen molar-refractivity contribution in [2.24, 2.45) is 0 Å². The summed E-state index contributed by atoms with van der Waals surface area (Å²) >= 11 is 4.80. The molecular formula is C7H4BrF3INO. The van der Waals surface area contributed by atoms with E-state index in [1.165, 1.54) is 6.07 Å². The van der Waals surface area contributed by atoms with Crippen molar-refractivity contribution in [3.63, 3.8) is 0 Å². The summed E-state index contributed by atoms with van der Waals surface area (Å²) in [7, 11) is 0. The summed E-state index contributed by atoms with van der Waals surface area (Å²) < 4.78 is 40.3. The van der Waals surface area contributed by atoms with Gasteiger partial charge in [-0.3, -0.25) is 0 Å². The van der Waals surface area contributed by atoms with Crippen molar-refractivity contribution in [3.05, 3.63) is 20.2 Å². The summed E-state index contributed by atoms with van der Waals surface area (Å²) in [6.45, 7) is 0. The molecule has 0 aliphatic rings. The zero-order chi connectivity index (χ0) is 10.9. The van der Waals surface area contributed by atoms with Crippen LogP contribution in [0.3, 0.4) is 0 Å². The predicted octanol–water partition coefficient (Wildman–Crippen LogP) is 3.53. The number of rotatable bonds is 1. The van der Waals surface area contributed by atoms with Crippen LogP contribution in [0, 0.1) is 3.57 Å². The van der Waals surface area contributed by atoms with Crippen LogP contribution in [0.15, 0.2) is 16.6 Å². The summed E-state index contributed by atoms with van der Waals surface area (Å²) in [6.07, 6.45) is -4.70. The molecule has 14 heavy (non-hydrogen) atoms. The molecule has 2 nitrogen and oxygen atoms in total. The lowest BCUT2D eigenvalue weighted by Crippen LogP contribution is -2.18. The predicted molar refractivity (Wildman–Crippen MR) is 58.0 cm³/mol. The molecule has 0 aliphatic heterocycles. The Morgan fingerprint density at radius 2 is 1.93 bits per heavy atom. The standard InChI is InChI=1S/C7H4BrF3INO/c8-4-1-3(13)2-5(6(4)12)14-7(9,10)11/h1-2H,13H2. The van der Waals surface area contributed by atoms with E-state index in [1.807, 2.05) is 0 Å². The fourth-order valence-corrected chi connectivity index (χ4v) is 1.66. The minimum Gasteiger partial charge on any atom is -0.405 e. The number of alkyl halides is 3. The molecule has 2 N–H and O–H groups in total. The third kappa shape index (κ3) is 3.19. The third-order valence-corrected chi connectivity index (χ3v) is 3.72. The average Bonchev–Trinajstić information content (AvgIpc) is 1.96. The Hall–Kier alpha value is -0.180. The van der Waals surface area contributed by atoms with E-state index in [4.69, 9.17) is 5.73 Å². The lowest BCUT2D eigenvalue weighted by Gasteiger charge is -2.11. The third-order valence-electron chi connectivity index (χ3n) is 1.24. The van der Waals surface area contributed by atoms with Gasteiger partial charge in [0, 0.05) is 16.2 Å². The van der Waals surface area contributed by atoms with Gasteiger partial charge < -0.3 is 10.5 Å². The normalized spacial score (nSPS) is 11.5. The minimum absolute atomic E-state index is 0.205. The quantitative estimate of drug-likeness (QED) is 0.596. The first-order valence-electron chi connectivity index (χ1n) is 3.30. The number of benzene rings is 1. The van der Waals surface area contributed by atoms with E-state index >= 15 is 0 Å². The molecule has 1 rings (SSSR count). The second-order valence-corrected chi connectivity index (χ2v) is 4.30. The number of nitrogen functional groups attached to an aromatic ring is 1. The van der Waals surface area contributed by atoms with Crippen molar-refractivity contribution in [1.29, 1.82) is 0 Å². The minimum atomic E-state index is -4.70. The second-order valence-electron chi connectivity index (χ2n) is 2.36. The fraction of sp³-hybridized carbons (Fsp3) is 0.143. The molecule has 0 heterocycles. The molecule has 0 aromatic heterocycles. The van der Waals surface area contributed by atoms with Crippen LogP contribution in [0.5, 0.6) is 5.75 Å². The van der Waals surface area contributed by atoms with Crippen LogP contribution < -0.4 is 10.5 Å². The number of hydrogen-bond donors (Lipinski definition) is 1. The molecule has 0 fully saturated rings. The zero-order valence-electron chi connectivity index (χ0n) is 6.53. The lowest BCUT2D eigenvalue weighted by molar-refractivity contribution is -0.274. The van der Waals surface area contributed by atoms with E-state index in [1.54, 1.807) is 22.6 Å². The molecule has 0 spiro atoms. The average molecular weight is 382 g/mol. The topological polar surface area (TPSA) is 35.2 Å². The second kappa shape index (κ2) is 4.13. The van der Waals surface area contributed by atoms with Crippen LogP contribution in [0.1, 0.15) is 0 Å². The monoisotopic (exact) mass is 381 g/mol. The summed E-state index contributed by atoms with van der Waals surface area (Å²) in [5.74, 6) is -0.301. The first-order valence-corrected chi connectivity index (χ1v) is 5.17. The van der Waals surface area contributed by atoms with Gasteiger partial charge in [-0.25, -0.2) is 0 Å². The van der Waals surface area contributed by atoms with Crippen molar-refractivity contribution >= 4 is 44.2 Å². The zero-order valence-corrected chi connectivity index (χ0v) is 10.3. The number of ether oxygens (including phenoxy) is 1. The smallest absolute Gasteiger partial charge is 0.405 e. The highest BCUT2D eigenvalue weighted by Gasteiger charge is 2.32. The van der Waals surface area contributed by atoms with Gasteiger partial charge >= 0.3 is 6.36 Å². The van der Waals surface area contributed by atoms with Gasteiger partial charge in [0.25, 0.3) is 0 Å². The largest absolute Gasteiger partial charge is 0.573 e. The van der Waals surface area contributed by atoms with Crippen LogP contribution in [-0.4, -0.2) is 6.36 Å². The van der Waals surface area contributed by atoms with E-state index in [2.05, 4.69) is 20.7 Å². The highest BCUT2D eigenvalue weighted by atomic mass is 127. The van der Waals surface area contributed by atoms with Crippen molar-refractivity contribution in [1.82, 2.24) is 0 Å². The van der Waals surface area contributed by atoms with Gasteiger partial charge in [0.1, 0.15) is 5.75 Å². The first-order chi connectivity index (χ1) is 6.29. The van der Waals surface area contributed by atoms with Gasteiger partial charge in [0.05, 0.1) is 3.57 Å². The number of nitrogens with two attached hydrogens (primary N) is 1. The van der Waals surface area contributed by atoms with Crippen molar-refractivity contribution < 1.29 is 17.9 Å². The summed E-state index contributed by atoms with van der Waals surface area (Å²) in [6, 6.07) is 2.63. The first kappa shape index (κ1) is 11.9. The van der Waals surface area contributed by atoms with Crippen molar-refractivity contribution in [2.45, 2.75) is 6.36 Å². The Morgan fingerprint density at radius 3 is 2.43 bits per heavy atom. The number of halogens is 5. The van der Waals surface area contributed by atoms with Crippen LogP contribution in [-0.2, 0) is 0 Å². The van der Waals surface area contributed by atoms with E-state index in [0.717, 1.165) is 6.07 Å². The molecular weight excluding hydrogens is 378 g/mol. The van der Waals surface area contributed by atoms with Gasteiger partial charge in [0.2, 0.25) is 0 Å². The van der Waals surface area contributed by atoms with Crippen molar-refractivity contribution in [3.8, 4) is 5.75 Å². The molecule has 0 saturated heterocycles. The van der Waals surface area contributed by atoms with Gasteiger partial charge in [-0.1, -0.05) is 0 Å². The van der Waals surface area contributed by atoms with Gasteiger partial charge in [0.15, 0.2) is 0 Å². The Bertz CT molecular complexity index is 356. The molecule has 0 bridgehead atoms. The summed E-state index contributed by atoms with van der Waals surface area (Å²) in [4.78, 5) is 0. The molecule has 1 aromatic rings. The molecule has 7 heteroatoms. The molecule has 0 atom stereocenters. The van der Waals surface area contributed by atoms with E-state index < -0.39 is 6.36 Å².